The van der Waals surface area contributed by atoms with E-state index in [9.17, 15) is 9.90 Å². The predicted octanol–water partition coefficient (Wildman–Crippen LogP) is 2.60. The number of amides is 2. The maximum absolute atomic E-state index is 11.7. The quantitative estimate of drug-likeness (QED) is 0.566. The van der Waals surface area contributed by atoms with Crippen molar-refractivity contribution in [2.75, 3.05) is 25.6 Å². The Bertz CT molecular complexity index is 614. The third-order valence-electron chi connectivity index (χ3n) is 2.87. The molecule has 2 aromatic rings. The summed E-state index contributed by atoms with van der Waals surface area (Å²) in [4.78, 5) is 11.7. The zero-order valence-electron chi connectivity index (χ0n) is 12.2. The topological polar surface area (TPSA) is 79.8 Å². The summed E-state index contributed by atoms with van der Waals surface area (Å²) in [5.41, 5.74) is 0.357. The van der Waals surface area contributed by atoms with Crippen molar-refractivity contribution in [3.8, 4) is 17.2 Å². The van der Waals surface area contributed by atoms with Crippen LogP contribution in [0.3, 0.4) is 0 Å². The molecular formula is C16H18N2O4. The van der Waals surface area contributed by atoms with Gasteiger partial charge in [0.05, 0.1) is 19.3 Å². The highest BCUT2D eigenvalue weighted by molar-refractivity contribution is 5.90. The van der Waals surface area contributed by atoms with E-state index in [2.05, 4.69) is 10.6 Å². The maximum Gasteiger partial charge on any atom is 0.319 e. The van der Waals surface area contributed by atoms with E-state index < -0.39 is 6.03 Å². The zero-order valence-corrected chi connectivity index (χ0v) is 12.2. The molecule has 22 heavy (non-hydrogen) atoms. The molecule has 0 radical (unpaired) electrons. The first-order valence-electron chi connectivity index (χ1n) is 6.79. The Balaban J connectivity index is 1.69. The van der Waals surface area contributed by atoms with Gasteiger partial charge in [0.1, 0.15) is 23.9 Å². The minimum atomic E-state index is -0.403. The van der Waals surface area contributed by atoms with E-state index >= 15 is 0 Å². The Kier molecular flexibility index (Phi) is 5.48. The van der Waals surface area contributed by atoms with E-state index in [1.54, 1.807) is 49.6 Å². The number of para-hydroxylation sites is 2. The summed E-state index contributed by atoms with van der Waals surface area (Å²) in [6, 6.07) is 13.3. The van der Waals surface area contributed by atoms with E-state index in [1.165, 1.54) is 6.07 Å². The third-order valence-corrected chi connectivity index (χ3v) is 2.87. The largest absolute Gasteiger partial charge is 0.506 e. The first kappa shape index (κ1) is 15.5. The number of carbonyl (C=O) groups is 1. The highest BCUT2D eigenvalue weighted by Crippen LogP contribution is 2.21. The average molecular weight is 302 g/mol. The number of carbonyl (C=O) groups excluding carboxylic acids is 1. The van der Waals surface area contributed by atoms with Gasteiger partial charge in [-0.05, 0) is 36.4 Å². The fraction of sp³-hybridized carbons (Fsp3) is 0.188. The summed E-state index contributed by atoms with van der Waals surface area (Å²) in [5, 5.41) is 14.7. The van der Waals surface area contributed by atoms with Crippen LogP contribution in [0, 0.1) is 0 Å². The molecule has 0 unspecified atom stereocenters. The number of rotatable bonds is 6. The van der Waals surface area contributed by atoms with Gasteiger partial charge < -0.3 is 25.2 Å². The number of aromatic hydroxyl groups is 1. The molecule has 2 rings (SSSR count). The summed E-state index contributed by atoms with van der Waals surface area (Å²) in [7, 11) is 1.60. The van der Waals surface area contributed by atoms with Crippen LogP contribution in [0.4, 0.5) is 10.5 Å². The second-order valence-electron chi connectivity index (χ2n) is 4.42. The van der Waals surface area contributed by atoms with Crippen molar-refractivity contribution in [3.63, 3.8) is 0 Å². The number of anilines is 1. The van der Waals surface area contributed by atoms with Crippen LogP contribution in [0.5, 0.6) is 17.2 Å². The van der Waals surface area contributed by atoms with E-state index in [0.29, 0.717) is 24.6 Å². The molecule has 0 aromatic heterocycles. The number of urea groups is 1. The number of benzene rings is 2. The molecule has 0 saturated heterocycles. The molecule has 0 aliphatic rings. The predicted molar refractivity (Wildman–Crippen MR) is 83.6 cm³/mol. The van der Waals surface area contributed by atoms with Crippen molar-refractivity contribution in [3.05, 3.63) is 48.5 Å². The number of phenols is 1. The standard InChI is InChI=1S/C16H18N2O4/c1-21-12-6-8-13(9-7-12)22-11-10-17-16(20)18-14-4-2-3-5-15(14)19/h2-9,19H,10-11H2,1H3,(H2,17,18,20). The van der Waals surface area contributed by atoms with Crippen molar-refractivity contribution in [1.29, 1.82) is 0 Å². The molecule has 0 spiro atoms. The number of hydrogen-bond acceptors (Lipinski definition) is 4. The molecule has 0 aliphatic carbocycles. The van der Waals surface area contributed by atoms with Gasteiger partial charge in [-0.1, -0.05) is 12.1 Å². The lowest BCUT2D eigenvalue weighted by molar-refractivity contribution is 0.247. The highest BCUT2D eigenvalue weighted by Gasteiger charge is 2.04. The monoisotopic (exact) mass is 302 g/mol. The molecule has 116 valence electrons. The normalized spacial score (nSPS) is 9.86. The smallest absolute Gasteiger partial charge is 0.319 e. The molecular weight excluding hydrogens is 284 g/mol. The van der Waals surface area contributed by atoms with Gasteiger partial charge in [0.25, 0.3) is 0 Å². The lowest BCUT2D eigenvalue weighted by Gasteiger charge is -2.10. The summed E-state index contributed by atoms with van der Waals surface area (Å²) in [5.74, 6) is 1.48. The van der Waals surface area contributed by atoms with Gasteiger partial charge >= 0.3 is 6.03 Å². The van der Waals surface area contributed by atoms with Crippen LogP contribution in [-0.4, -0.2) is 31.4 Å². The molecule has 3 N–H and O–H groups in total. The minimum Gasteiger partial charge on any atom is -0.506 e. The number of methoxy groups -OCH3 is 1. The first-order chi connectivity index (χ1) is 10.7. The van der Waals surface area contributed by atoms with E-state index in [-0.39, 0.29) is 5.75 Å². The molecule has 2 aromatic carbocycles. The number of hydrogen-bond donors (Lipinski definition) is 3. The summed E-state index contributed by atoms with van der Waals surface area (Å²) >= 11 is 0. The Labute approximate surface area is 128 Å². The van der Waals surface area contributed by atoms with Gasteiger partial charge in [-0.25, -0.2) is 4.79 Å². The molecule has 0 atom stereocenters. The fourth-order valence-electron chi connectivity index (χ4n) is 1.75. The van der Waals surface area contributed by atoms with Crippen molar-refractivity contribution >= 4 is 11.7 Å². The van der Waals surface area contributed by atoms with Crippen LogP contribution in [0.1, 0.15) is 0 Å². The van der Waals surface area contributed by atoms with Crippen LogP contribution < -0.4 is 20.1 Å². The van der Waals surface area contributed by atoms with Crippen molar-refractivity contribution < 1.29 is 19.4 Å². The Morgan fingerprint density at radius 3 is 2.45 bits per heavy atom. The molecule has 0 bridgehead atoms. The van der Waals surface area contributed by atoms with Crippen molar-refractivity contribution in [1.82, 2.24) is 5.32 Å². The molecule has 6 heteroatoms. The van der Waals surface area contributed by atoms with Gasteiger partial charge in [-0.3, -0.25) is 0 Å². The highest BCUT2D eigenvalue weighted by atomic mass is 16.5. The SMILES string of the molecule is COc1ccc(OCCNC(=O)Nc2ccccc2O)cc1. The Morgan fingerprint density at radius 1 is 1.09 bits per heavy atom. The van der Waals surface area contributed by atoms with Crippen LogP contribution in [0.15, 0.2) is 48.5 Å². The average Bonchev–Trinajstić information content (AvgIpc) is 2.54. The molecule has 0 fully saturated rings. The van der Waals surface area contributed by atoms with Gasteiger partial charge in [0.2, 0.25) is 0 Å². The summed E-state index contributed by atoms with van der Waals surface area (Å²) < 4.78 is 10.5. The van der Waals surface area contributed by atoms with Gasteiger partial charge in [0, 0.05) is 0 Å². The molecule has 2 amide bonds. The van der Waals surface area contributed by atoms with Crippen molar-refractivity contribution in [2.24, 2.45) is 0 Å². The Morgan fingerprint density at radius 2 is 1.77 bits per heavy atom. The zero-order chi connectivity index (χ0) is 15.8. The minimum absolute atomic E-state index is 0.0205. The van der Waals surface area contributed by atoms with Crippen molar-refractivity contribution in [2.45, 2.75) is 0 Å². The van der Waals surface area contributed by atoms with E-state index in [4.69, 9.17) is 9.47 Å². The van der Waals surface area contributed by atoms with Crippen LogP contribution in [0.2, 0.25) is 0 Å². The molecule has 0 heterocycles. The Hall–Kier alpha value is -2.89. The van der Waals surface area contributed by atoms with Gasteiger partial charge in [-0.15, -0.1) is 0 Å². The van der Waals surface area contributed by atoms with Gasteiger partial charge in [0.15, 0.2) is 0 Å². The lowest BCUT2D eigenvalue weighted by atomic mass is 10.3. The molecule has 0 aliphatic heterocycles. The van der Waals surface area contributed by atoms with Gasteiger partial charge in [-0.2, -0.15) is 0 Å². The van der Waals surface area contributed by atoms with Crippen LogP contribution >= 0.6 is 0 Å². The number of phenolic OH excluding ortho intramolecular Hbond substituents is 1. The number of nitrogens with one attached hydrogen (secondary N) is 2. The summed E-state index contributed by atoms with van der Waals surface area (Å²) in [6.07, 6.45) is 0. The van der Waals surface area contributed by atoms with Crippen LogP contribution in [-0.2, 0) is 0 Å². The third kappa shape index (κ3) is 4.59. The first-order valence-corrected chi connectivity index (χ1v) is 6.79. The second kappa shape index (κ2) is 7.78. The second-order valence-corrected chi connectivity index (χ2v) is 4.42. The number of ether oxygens (including phenoxy) is 2. The molecule has 0 saturated carbocycles. The molecule has 6 nitrogen and oxygen atoms in total. The van der Waals surface area contributed by atoms with E-state index in [1.807, 2.05) is 0 Å². The summed E-state index contributed by atoms with van der Waals surface area (Å²) in [6.45, 7) is 0.673. The van der Waals surface area contributed by atoms with Crippen LogP contribution in [0.25, 0.3) is 0 Å². The maximum atomic E-state index is 11.7. The fourth-order valence-corrected chi connectivity index (χ4v) is 1.75. The lowest BCUT2D eigenvalue weighted by Crippen LogP contribution is -2.32. The van der Waals surface area contributed by atoms with E-state index in [0.717, 1.165) is 5.75 Å².